The molecule has 0 saturated carbocycles. The van der Waals surface area contributed by atoms with Gasteiger partial charge in [-0.1, -0.05) is 37.2 Å². The molecule has 0 aromatic heterocycles. The van der Waals surface area contributed by atoms with E-state index < -0.39 is 37.9 Å². The Bertz CT molecular complexity index is 844. The molecule has 3 unspecified atom stereocenters. The van der Waals surface area contributed by atoms with E-state index in [0.717, 1.165) is 6.07 Å². The Labute approximate surface area is 176 Å². The Balaban J connectivity index is 2.57. The molecule has 1 saturated heterocycles. The SMILES string of the molecule is C=C(Cl)CC(CC)C1(C)OOC1(OCC(F)(F)F)c1ccc(C)c(OP(=O)(O)O)c1. The highest BCUT2D eigenvalue weighted by atomic mass is 35.5. The van der Waals surface area contributed by atoms with E-state index in [4.69, 9.17) is 35.9 Å². The molecule has 0 aliphatic carbocycles. The van der Waals surface area contributed by atoms with Gasteiger partial charge in [0.15, 0.2) is 5.60 Å². The van der Waals surface area contributed by atoms with Crippen LogP contribution in [0, 0.1) is 12.8 Å². The maximum absolute atomic E-state index is 13.0. The van der Waals surface area contributed by atoms with Crippen LogP contribution in [0.2, 0.25) is 0 Å². The van der Waals surface area contributed by atoms with Gasteiger partial charge >= 0.3 is 14.0 Å². The van der Waals surface area contributed by atoms with Gasteiger partial charge in [0.1, 0.15) is 12.4 Å². The van der Waals surface area contributed by atoms with E-state index in [1.54, 1.807) is 6.92 Å². The van der Waals surface area contributed by atoms with Crippen molar-refractivity contribution in [1.29, 1.82) is 0 Å². The van der Waals surface area contributed by atoms with E-state index in [1.165, 1.54) is 26.0 Å². The van der Waals surface area contributed by atoms with Gasteiger partial charge in [0, 0.05) is 16.5 Å². The minimum absolute atomic E-state index is 0.0354. The van der Waals surface area contributed by atoms with Crippen molar-refractivity contribution in [3.8, 4) is 5.75 Å². The first-order chi connectivity index (χ1) is 13.6. The lowest BCUT2D eigenvalue weighted by molar-refractivity contribution is -0.629. The molecule has 1 aromatic carbocycles. The van der Waals surface area contributed by atoms with Gasteiger partial charge in [0.05, 0.1) is 0 Å². The molecule has 1 heterocycles. The van der Waals surface area contributed by atoms with E-state index in [-0.39, 0.29) is 22.8 Å². The summed E-state index contributed by atoms with van der Waals surface area (Å²) in [5, 5.41) is 0.276. The molecule has 0 radical (unpaired) electrons. The van der Waals surface area contributed by atoms with Crippen LogP contribution in [0.4, 0.5) is 13.2 Å². The predicted molar refractivity (Wildman–Crippen MR) is 102 cm³/mol. The van der Waals surface area contributed by atoms with Crippen LogP contribution >= 0.6 is 19.4 Å². The molecule has 1 fully saturated rings. The number of phosphoric acid groups is 1. The molecule has 1 aliphatic rings. The van der Waals surface area contributed by atoms with Crippen molar-refractivity contribution in [2.45, 2.75) is 51.2 Å². The van der Waals surface area contributed by atoms with Crippen LogP contribution in [0.25, 0.3) is 0 Å². The molecule has 0 amide bonds. The zero-order chi connectivity index (χ0) is 23.0. The molecule has 0 spiro atoms. The number of phosphoric ester groups is 1. The molecule has 1 aliphatic heterocycles. The second kappa shape index (κ2) is 8.78. The van der Waals surface area contributed by atoms with Crippen molar-refractivity contribution in [3.63, 3.8) is 0 Å². The number of hydrogen-bond acceptors (Lipinski definition) is 5. The van der Waals surface area contributed by atoms with Gasteiger partial charge in [-0.15, -0.1) is 0 Å². The van der Waals surface area contributed by atoms with E-state index in [1.807, 2.05) is 0 Å². The Kier molecular flexibility index (Phi) is 7.36. The van der Waals surface area contributed by atoms with Crippen molar-refractivity contribution >= 4 is 19.4 Å². The van der Waals surface area contributed by atoms with Crippen LogP contribution in [0.3, 0.4) is 0 Å². The van der Waals surface area contributed by atoms with Crippen LogP contribution in [-0.2, 0) is 24.9 Å². The molecular formula is C18H23ClF3O7P. The second-order valence-electron chi connectivity index (χ2n) is 7.18. The first-order valence-electron chi connectivity index (χ1n) is 8.90. The zero-order valence-electron chi connectivity index (χ0n) is 16.5. The molecule has 12 heteroatoms. The molecule has 170 valence electrons. The largest absolute Gasteiger partial charge is 0.524 e. The Hall–Kier alpha value is -1.13. The van der Waals surface area contributed by atoms with Gasteiger partial charge in [0.2, 0.25) is 0 Å². The van der Waals surface area contributed by atoms with Crippen LogP contribution in [0.5, 0.6) is 5.75 Å². The maximum atomic E-state index is 13.0. The topological polar surface area (TPSA) is 94.5 Å². The number of allylic oxidation sites excluding steroid dienone is 1. The molecule has 0 bridgehead atoms. The van der Waals surface area contributed by atoms with Crippen molar-refractivity contribution in [3.05, 3.63) is 40.9 Å². The van der Waals surface area contributed by atoms with Gasteiger partial charge in [0.25, 0.3) is 5.79 Å². The van der Waals surface area contributed by atoms with Crippen LogP contribution in [0.15, 0.2) is 29.8 Å². The number of halogens is 4. The molecular weight excluding hydrogens is 452 g/mol. The van der Waals surface area contributed by atoms with Gasteiger partial charge in [-0.3, -0.25) is 9.79 Å². The summed E-state index contributed by atoms with van der Waals surface area (Å²) in [7, 11) is -4.92. The first kappa shape index (κ1) is 25.1. The summed E-state index contributed by atoms with van der Waals surface area (Å²) in [6, 6.07) is 4.00. The summed E-state index contributed by atoms with van der Waals surface area (Å²) >= 11 is 5.93. The van der Waals surface area contributed by atoms with E-state index in [2.05, 4.69) is 11.1 Å². The Morgan fingerprint density at radius 2 is 2.00 bits per heavy atom. The molecule has 2 rings (SSSR count). The van der Waals surface area contributed by atoms with Crippen molar-refractivity contribution < 1.29 is 46.6 Å². The molecule has 7 nitrogen and oxygen atoms in total. The number of alkyl halides is 3. The third-order valence-electron chi connectivity index (χ3n) is 4.95. The van der Waals surface area contributed by atoms with Crippen LogP contribution < -0.4 is 4.52 Å². The average molecular weight is 475 g/mol. The van der Waals surface area contributed by atoms with Crippen molar-refractivity contribution in [2.24, 2.45) is 5.92 Å². The number of rotatable bonds is 9. The van der Waals surface area contributed by atoms with Crippen LogP contribution in [-0.4, -0.2) is 28.2 Å². The Morgan fingerprint density at radius 3 is 2.43 bits per heavy atom. The standard InChI is InChI=1S/C18H23ClF3O7P/c1-5-13(8-12(3)19)16(4)18(29-28-16,26-10-17(20,21)22)14-7-6-11(2)15(9-14)27-30(23,24)25/h6-7,9,13H,3,5,8,10H2,1-2,4H3,(H2,23,24,25). The Morgan fingerprint density at radius 1 is 1.37 bits per heavy atom. The monoisotopic (exact) mass is 474 g/mol. The van der Waals surface area contributed by atoms with E-state index >= 15 is 0 Å². The second-order valence-corrected chi connectivity index (χ2v) is 8.88. The molecule has 30 heavy (non-hydrogen) atoms. The number of ether oxygens (including phenoxy) is 1. The normalized spacial score (nSPS) is 25.5. The minimum atomic E-state index is -4.92. The zero-order valence-corrected chi connectivity index (χ0v) is 18.2. The minimum Gasteiger partial charge on any atom is -0.404 e. The fraction of sp³-hybridized carbons (Fsp3) is 0.556. The summed E-state index contributed by atoms with van der Waals surface area (Å²) in [6.07, 6.45) is -4.01. The van der Waals surface area contributed by atoms with Gasteiger partial charge < -0.3 is 9.26 Å². The lowest BCUT2D eigenvalue weighted by atomic mass is 9.74. The lowest BCUT2D eigenvalue weighted by Crippen LogP contribution is -2.68. The van der Waals surface area contributed by atoms with Crippen LogP contribution in [0.1, 0.15) is 37.8 Å². The highest BCUT2D eigenvalue weighted by molar-refractivity contribution is 7.46. The van der Waals surface area contributed by atoms with E-state index in [0.29, 0.717) is 12.0 Å². The summed E-state index contributed by atoms with van der Waals surface area (Å²) < 4.78 is 60.1. The summed E-state index contributed by atoms with van der Waals surface area (Å²) in [4.78, 5) is 28.7. The van der Waals surface area contributed by atoms with Crippen molar-refractivity contribution in [2.75, 3.05) is 6.61 Å². The lowest BCUT2D eigenvalue weighted by Gasteiger charge is -2.57. The quantitative estimate of drug-likeness (QED) is 0.380. The maximum Gasteiger partial charge on any atom is 0.524 e. The van der Waals surface area contributed by atoms with Gasteiger partial charge in [-0.2, -0.15) is 18.1 Å². The van der Waals surface area contributed by atoms with Gasteiger partial charge in [-0.25, -0.2) is 9.45 Å². The first-order valence-corrected chi connectivity index (χ1v) is 10.8. The van der Waals surface area contributed by atoms with Gasteiger partial charge in [-0.05, 0) is 38.3 Å². The number of benzene rings is 1. The third-order valence-corrected chi connectivity index (χ3v) is 5.54. The summed E-state index contributed by atoms with van der Waals surface area (Å²) in [5.74, 6) is -2.71. The third kappa shape index (κ3) is 5.37. The highest BCUT2D eigenvalue weighted by Gasteiger charge is 2.67. The molecule has 3 atom stereocenters. The number of aryl methyl sites for hydroxylation is 1. The fourth-order valence-corrected chi connectivity index (χ4v) is 4.02. The highest BCUT2D eigenvalue weighted by Crippen LogP contribution is 2.56. The summed E-state index contributed by atoms with van der Waals surface area (Å²) in [6.45, 7) is 6.81. The van der Waals surface area contributed by atoms with E-state index in [9.17, 15) is 17.7 Å². The summed E-state index contributed by atoms with van der Waals surface area (Å²) in [5.41, 5.74) is -1.04. The average Bonchev–Trinajstić information content (AvgIpc) is 2.58. The smallest absolute Gasteiger partial charge is 0.404 e. The number of hydrogen-bond donors (Lipinski definition) is 2. The molecule has 2 N–H and O–H groups in total. The predicted octanol–water partition coefficient (Wildman–Crippen LogP) is 5.09. The fourth-order valence-electron chi connectivity index (χ4n) is 3.38. The van der Waals surface area contributed by atoms with Crippen molar-refractivity contribution in [1.82, 2.24) is 0 Å². The molecule has 1 aromatic rings.